The second kappa shape index (κ2) is 7.54. The molecule has 9 heteroatoms. The molecule has 0 atom stereocenters. The smallest absolute Gasteiger partial charge is 0.267 e. The largest absolute Gasteiger partial charge is 0.280 e. The number of hydrogen-bond donors (Lipinski definition) is 1. The molecule has 0 unspecified atom stereocenters. The normalized spacial score (nSPS) is 11.2. The van der Waals surface area contributed by atoms with Gasteiger partial charge in [0.2, 0.25) is 0 Å². The number of nitrogens with zero attached hydrogens (tertiary/aromatic N) is 4. The van der Waals surface area contributed by atoms with Gasteiger partial charge >= 0.3 is 0 Å². The van der Waals surface area contributed by atoms with E-state index in [1.165, 1.54) is 12.4 Å². The molecule has 3 aromatic heterocycles. The topological polar surface area (TPSA) is 81.3 Å². The van der Waals surface area contributed by atoms with Gasteiger partial charge in [0, 0.05) is 23.0 Å². The molecule has 0 saturated heterocycles. The third-order valence-electron chi connectivity index (χ3n) is 4.89. The van der Waals surface area contributed by atoms with Crippen LogP contribution in [-0.4, -0.2) is 25.2 Å². The van der Waals surface area contributed by atoms with Crippen molar-refractivity contribution in [3.63, 3.8) is 0 Å². The molecule has 3 heterocycles. The third-order valence-corrected chi connectivity index (χ3v) is 5.47. The van der Waals surface area contributed by atoms with Crippen LogP contribution in [-0.2, 0) is 0 Å². The zero-order chi connectivity index (χ0) is 21.5. The van der Waals surface area contributed by atoms with Crippen LogP contribution in [0.4, 0.5) is 0 Å². The maximum absolute atomic E-state index is 13.0. The minimum absolute atomic E-state index is 0.268. The Morgan fingerprint density at radius 3 is 2.52 bits per heavy atom. The number of amides is 1. The molecule has 2 aromatic carbocycles. The Morgan fingerprint density at radius 1 is 0.968 bits per heavy atom. The number of nitrogens with one attached hydrogen (secondary N) is 1. The van der Waals surface area contributed by atoms with Crippen molar-refractivity contribution >= 4 is 45.7 Å². The lowest BCUT2D eigenvalue weighted by atomic mass is 10.1. The molecule has 7 nitrogen and oxygen atoms in total. The van der Waals surface area contributed by atoms with Crippen molar-refractivity contribution in [2.75, 3.05) is 5.43 Å². The highest BCUT2D eigenvalue weighted by molar-refractivity contribution is 6.34. The third kappa shape index (κ3) is 3.34. The van der Waals surface area contributed by atoms with Crippen LogP contribution in [0.5, 0.6) is 0 Å². The van der Waals surface area contributed by atoms with Gasteiger partial charge in [0.05, 0.1) is 27.7 Å². The summed E-state index contributed by atoms with van der Waals surface area (Å²) in [5.41, 5.74) is 5.28. The van der Waals surface area contributed by atoms with E-state index in [2.05, 4.69) is 15.5 Å². The van der Waals surface area contributed by atoms with E-state index in [1.54, 1.807) is 53.2 Å². The van der Waals surface area contributed by atoms with Gasteiger partial charge in [-0.1, -0.05) is 47.5 Å². The van der Waals surface area contributed by atoms with Crippen LogP contribution < -0.4 is 11.0 Å². The molecule has 0 fully saturated rings. The summed E-state index contributed by atoms with van der Waals surface area (Å²) < 4.78 is 2.70. The molecule has 0 radical (unpaired) electrons. The van der Waals surface area contributed by atoms with Crippen LogP contribution >= 0.6 is 23.2 Å². The minimum atomic E-state index is -0.495. The maximum atomic E-state index is 13.0. The summed E-state index contributed by atoms with van der Waals surface area (Å²) in [6.45, 7) is 0. The van der Waals surface area contributed by atoms with Crippen LogP contribution in [0.2, 0.25) is 10.0 Å². The number of carbonyl (C=O) groups is 1. The molecule has 0 spiro atoms. The number of benzene rings is 2. The van der Waals surface area contributed by atoms with Crippen LogP contribution in [0.15, 0.2) is 78.0 Å². The van der Waals surface area contributed by atoms with E-state index in [9.17, 15) is 9.59 Å². The fourth-order valence-corrected chi connectivity index (χ4v) is 3.70. The lowest BCUT2D eigenvalue weighted by Crippen LogP contribution is -2.33. The van der Waals surface area contributed by atoms with Crippen molar-refractivity contribution < 1.29 is 4.79 Å². The van der Waals surface area contributed by atoms with E-state index in [0.29, 0.717) is 26.6 Å². The van der Waals surface area contributed by atoms with Gasteiger partial charge in [0.15, 0.2) is 5.65 Å². The Balaban J connectivity index is 1.57. The number of fused-ring (bicyclic) bond motifs is 3. The van der Waals surface area contributed by atoms with E-state index in [0.717, 1.165) is 15.8 Å². The van der Waals surface area contributed by atoms with Gasteiger partial charge in [0.1, 0.15) is 0 Å². The summed E-state index contributed by atoms with van der Waals surface area (Å²) in [4.78, 5) is 29.9. The summed E-state index contributed by atoms with van der Waals surface area (Å²) in [6.07, 6.45) is 4.64. The number of halogens is 2. The summed E-state index contributed by atoms with van der Waals surface area (Å²) in [6, 6.07) is 15.6. The summed E-state index contributed by atoms with van der Waals surface area (Å²) in [7, 11) is 0. The lowest BCUT2D eigenvalue weighted by molar-refractivity contribution is 0.101. The molecular formula is C22H13Cl2N5O2. The highest BCUT2D eigenvalue weighted by atomic mass is 35.5. The highest BCUT2D eigenvalue weighted by Crippen LogP contribution is 2.26. The van der Waals surface area contributed by atoms with E-state index < -0.39 is 11.5 Å². The molecule has 0 saturated carbocycles. The second-order valence-corrected chi connectivity index (χ2v) is 7.61. The monoisotopic (exact) mass is 449 g/mol. The molecule has 0 aliphatic rings. The quantitative estimate of drug-likeness (QED) is 0.442. The molecule has 31 heavy (non-hydrogen) atoms. The fourth-order valence-electron chi connectivity index (χ4n) is 3.35. The summed E-state index contributed by atoms with van der Waals surface area (Å²) >= 11 is 12.0. The van der Waals surface area contributed by atoms with Gasteiger partial charge in [0.25, 0.3) is 11.5 Å². The van der Waals surface area contributed by atoms with Crippen molar-refractivity contribution in [3.05, 3.63) is 99.2 Å². The van der Waals surface area contributed by atoms with Crippen molar-refractivity contribution in [1.29, 1.82) is 0 Å². The van der Waals surface area contributed by atoms with Crippen LogP contribution in [0.25, 0.3) is 27.7 Å². The average molecular weight is 450 g/mol. The molecule has 0 aliphatic carbocycles. The van der Waals surface area contributed by atoms with Gasteiger partial charge in [-0.2, -0.15) is 5.10 Å². The molecule has 0 bridgehead atoms. The Morgan fingerprint density at radius 2 is 1.74 bits per heavy atom. The van der Waals surface area contributed by atoms with E-state index in [-0.39, 0.29) is 5.56 Å². The van der Waals surface area contributed by atoms with Crippen molar-refractivity contribution in [1.82, 2.24) is 19.3 Å². The molecule has 0 aliphatic heterocycles. The first-order valence-corrected chi connectivity index (χ1v) is 9.98. The SMILES string of the molecule is O=C(Nn1ccc2c(cnc3c(-c4ccc(Cl)cc4)cnn32)c1=O)c1ccccc1Cl. The Labute approximate surface area is 185 Å². The Kier molecular flexibility index (Phi) is 4.69. The maximum Gasteiger partial charge on any atom is 0.280 e. The molecule has 152 valence electrons. The first-order chi connectivity index (χ1) is 15.0. The van der Waals surface area contributed by atoms with Crippen molar-refractivity contribution in [2.24, 2.45) is 0 Å². The minimum Gasteiger partial charge on any atom is -0.267 e. The van der Waals surface area contributed by atoms with Gasteiger partial charge in [-0.25, -0.2) is 14.2 Å². The second-order valence-electron chi connectivity index (χ2n) is 6.77. The van der Waals surface area contributed by atoms with Crippen LogP contribution in [0.3, 0.4) is 0 Å². The number of hydrogen-bond acceptors (Lipinski definition) is 4. The van der Waals surface area contributed by atoms with E-state index >= 15 is 0 Å². The van der Waals surface area contributed by atoms with Crippen LogP contribution in [0.1, 0.15) is 10.4 Å². The first kappa shape index (κ1) is 19.3. The highest BCUT2D eigenvalue weighted by Gasteiger charge is 2.15. The molecule has 1 amide bonds. The molecule has 5 aromatic rings. The van der Waals surface area contributed by atoms with Crippen molar-refractivity contribution in [2.45, 2.75) is 0 Å². The number of rotatable bonds is 3. The lowest BCUT2D eigenvalue weighted by Gasteiger charge is -2.10. The van der Waals surface area contributed by atoms with Gasteiger partial charge < -0.3 is 0 Å². The Hall–Kier alpha value is -3.68. The standard InChI is InChI=1S/C22H13Cl2N5O2/c23-14-7-5-13(6-8-14)16-12-26-29-19-9-10-28(22(31)17(19)11-25-20(16)29)27-21(30)15-3-1-2-4-18(15)24/h1-12H,(H,27,30). The molecule has 5 rings (SSSR count). The number of pyridine rings is 1. The summed E-state index contributed by atoms with van der Waals surface area (Å²) in [5.74, 6) is -0.495. The predicted molar refractivity (Wildman–Crippen MR) is 120 cm³/mol. The number of carbonyl (C=O) groups excluding carboxylic acids is 1. The molecule has 1 N–H and O–H groups in total. The van der Waals surface area contributed by atoms with E-state index in [1.807, 2.05) is 12.1 Å². The van der Waals surface area contributed by atoms with Crippen molar-refractivity contribution in [3.8, 4) is 11.1 Å². The van der Waals surface area contributed by atoms with E-state index in [4.69, 9.17) is 23.2 Å². The van der Waals surface area contributed by atoms with Gasteiger partial charge in [-0.05, 0) is 35.9 Å². The predicted octanol–water partition coefficient (Wildman–Crippen LogP) is 4.40. The average Bonchev–Trinajstić information content (AvgIpc) is 3.21. The zero-order valence-corrected chi connectivity index (χ0v) is 17.3. The van der Waals surface area contributed by atoms with Gasteiger partial charge in [-0.3, -0.25) is 15.0 Å². The summed E-state index contributed by atoms with van der Waals surface area (Å²) in [5, 5.41) is 5.64. The number of aromatic nitrogens is 4. The Bertz CT molecular complexity index is 1520. The first-order valence-electron chi connectivity index (χ1n) is 9.23. The van der Waals surface area contributed by atoms with Crippen LogP contribution in [0, 0.1) is 0 Å². The zero-order valence-electron chi connectivity index (χ0n) is 15.8. The fraction of sp³-hybridized carbons (Fsp3) is 0. The van der Waals surface area contributed by atoms with Gasteiger partial charge in [-0.15, -0.1) is 0 Å². The molecular weight excluding hydrogens is 437 g/mol.